The SMILES string of the molecule is C/C(=N\OCc1ccccc1)c1ccc(NC(=O)NC(=O)c2c(F)cccc2F)cc1. The van der Waals surface area contributed by atoms with Crippen molar-refractivity contribution in [1.29, 1.82) is 0 Å². The first-order valence-corrected chi connectivity index (χ1v) is 9.31. The average molecular weight is 423 g/mol. The minimum Gasteiger partial charge on any atom is -0.391 e. The molecule has 0 atom stereocenters. The normalized spacial score (nSPS) is 11.0. The number of hydrogen-bond donors (Lipinski definition) is 2. The van der Waals surface area contributed by atoms with Crippen molar-refractivity contribution in [2.75, 3.05) is 5.32 Å². The van der Waals surface area contributed by atoms with Crippen LogP contribution in [0.2, 0.25) is 0 Å². The fourth-order valence-corrected chi connectivity index (χ4v) is 2.67. The number of halogens is 2. The first-order valence-electron chi connectivity index (χ1n) is 9.31. The zero-order valence-electron chi connectivity index (χ0n) is 16.6. The monoisotopic (exact) mass is 423 g/mol. The standard InChI is InChI=1S/C23H19F2N3O3/c1-15(28-31-14-16-6-3-2-4-7-16)17-10-12-18(13-11-17)26-23(30)27-22(29)21-19(24)8-5-9-20(21)25/h2-13H,14H2,1H3,(H2,26,27,29,30)/b28-15+. The van der Waals surface area contributed by atoms with E-state index in [9.17, 15) is 18.4 Å². The van der Waals surface area contributed by atoms with Crippen LogP contribution in [0, 0.1) is 11.6 Å². The van der Waals surface area contributed by atoms with Crippen LogP contribution in [0.5, 0.6) is 0 Å². The zero-order chi connectivity index (χ0) is 22.2. The summed E-state index contributed by atoms with van der Waals surface area (Å²) in [4.78, 5) is 29.3. The fourth-order valence-electron chi connectivity index (χ4n) is 2.67. The molecule has 0 saturated heterocycles. The van der Waals surface area contributed by atoms with E-state index in [0.29, 0.717) is 18.0 Å². The number of hydrogen-bond acceptors (Lipinski definition) is 4. The second-order valence-electron chi connectivity index (χ2n) is 6.52. The van der Waals surface area contributed by atoms with Gasteiger partial charge >= 0.3 is 6.03 Å². The second-order valence-corrected chi connectivity index (χ2v) is 6.52. The molecule has 0 spiro atoms. The molecule has 0 heterocycles. The number of imide groups is 1. The molecule has 2 N–H and O–H groups in total. The third-order valence-electron chi connectivity index (χ3n) is 4.25. The maximum absolute atomic E-state index is 13.6. The lowest BCUT2D eigenvalue weighted by Gasteiger charge is -2.09. The van der Waals surface area contributed by atoms with Crippen LogP contribution in [0.3, 0.4) is 0 Å². The topological polar surface area (TPSA) is 79.8 Å². The summed E-state index contributed by atoms with van der Waals surface area (Å²) in [5.74, 6) is -3.29. The summed E-state index contributed by atoms with van der Waals surface area (Å²) in [6.45, 7) is 2.12. The third kappa shape index (κ3) is 5.96. The van der Waals surface area contributed by atoms with Crippen molar-refractivity contribution < 1.29 is 23.2 Å². The van der Waals surface area contributed by atoms with E-state index in [1.807, 2.05) is 35.6 Å². The highest BCUT2D eigenvalue weighted by atomic mass is 19.1. The van der Waals surface area contributed by atoms with Crippen LogP contribution in [-0.2, 0) is 11.4 Å². The smallest absolute Gasteiger partial charge is 0.326 e. The van der Waals surface area contributed by atoms with Gasteiger partial charge in [-0.25, -0.2) is 13.6 Å². The molecule has 0 aliphatic rings. The largest absolute Gasteiger partial charge is 0.391 e. The Labute approximate surface area is 177 Å². The number of nitrogens with zero attached hydrogens (tertiary/aromatic N) is 1. The Morgan fingerprint density at radius 2 is 1.55 bits per heavy atom. The van der Waals surface area contributed by atoms with Crippen molar-refractivity contribution in [3.8, 4) is 0 Å². The predicted octanol–water partition coefficient (Wildman–Crippen LogP) is 4.87. The highest BCUT2D eigenvalue weighted by Crippen LogP contribution is 2.13. The number of anilines is 1. The van der Waals surface area contributed by atoms with Crippen LogP contribution in [0.15, 0.2) is 78.0 Å². The van der Waals surface area contributed by atoms with Crippen molar-refractivity contribution in [3.63, 3.8) is 0 Å². The molecule has 3 amide bonds. The number of carbonyl (C=O) groups is 2. The van der Waals surface area contributed by atoms with Gasteiger partial charge in [0.05, 0.1) is 5.71 Å². The summed E-state index contributed by atoms with van der Waals surface area (Å²) in [6, 6.07) is 18.3. The van der Waals surface area contributed by atoms with Gasteiger partial charge in [-0.2, -0.15) is 0 Å². The minimum atomic E-state index is -1.18. The molecule has 0 radical (unpaired) electrons. The van der Waals surface area contributed by atoms with Gasteiger partial charge in [0.15, 0.2) is 0 Å². The van der Waals surface area contributed by atoms with Crippen LogP contribution in [0.4, 0.5) is 19.3 Å². The van der Waals surface area contributed by atoms with Crippen LogP contribution >= 0.6 is 0 Å². The average Bonchev–Trinajstić information content (AvgIpc) is 2.74. The summed E-state index contributed by atoms with van der Waals surface area (Å²) in [6.07, 6.45) is 0. The summed E-state index contributed by atoms with van der Waals surface area (Å²) in [7, 11) is 0. The Balaban J connectivity index is 1.55. The van der Waals surface area contributed by atoms with Gasteiger partial charge in [-0.3, -0.25) is 10.1 Å². The Morgan fingerprint density at radius 3 is 2.19 bits per heavy atom. The van der Waals surface area contributed by atoms with Crippen LogP contribution < -0.4 is 10.6 Å². The number of oxime groups is 1. The van der Waals surface area contributed by atoms with Gasteiger partial charge in [-0.05, 0) is 42.3 Å². The molecular formula is C23H19F2N3O3. The van der Waals surface area contributed by atoms with Gasteiger partial charge in [-0.15, -0.1) is 0 Å². The van der Waals surface area contributed by atoms with E-state index in [2.05, 4.69) is 10.5 Å². The van der Waals surface area contributed by atoms with Gasteiger partial charge in [0.1, 0.15) is 23.8 Å². The van der Waals surface area contributed by atoms with Crippen LogP contribution in [0.1, 0.15) is 28.4 Å². The van der Waals surface area contributed by atoms with Crippen molar-refractivity contribution in [1.82, 2.24) is 5.32 Å². The molecular weight excluding hydrogens is 404 g/mol. The van der Waals surface area contributed by atoms with E-state index in [1.165, 1.54) is 0 Å². The van der Waals surface area contributed by atoms with Crippen molar-refractivity contribution in [2.45, 2.75) is 13.5 Å². The molecule has 0 aliphatic heterocycles. The molecule has 8 heteroatoms. The molecule has 0 aliphatic carbocycles. The number of urea groups is 1. The van der Waals surface area contributed by atoms with E-state index in [0.717, 1.165) is 29.3 Å². The maximum Gasteiger partial charge on any atom is 0.326 e. The molecule has 0 bridgehead atoms. The molecule has 3 aromatic rings. The number of rotatable bonds is 6. The molecule has 0 fully saturated rings. The van der Waals surface area contributed by atoms with E-state index in [4.69, 9.17) is 4.84 Å². The molecule has 0 aromatic heterocycles. The molecule has 31 heavy (non-hydrogen) atoms. The molecule has 3 rings (SSSR count). The first-order chi connectivity index (χ1) is 14.9. The summed E-state index contributed by atoms with van der Waals surface area (Å²) in [5.41, 5.74) is 1.95. The predicted molar refractivity (Wildman–Crippen MR) is 113 cm³/mol. The molecule has 158 valence electrons. The quantitative estimate of drug-likeness (QED) is 0.439. The Hall–Kier alpha value is -4.07. The van der Waals surface area contributed by atoms with E-state index in [1.54, 1.807) is 31.2 Å². The van der Waals surface area contributed by atoms with Gasteiger partial charge in [0, 0.05) is 5.69 Å². The van der Waals surface area contributed by atoms with Gasteiger partial charge in [0.25, 0.3) is 5.91 Å². The molecule has 3 aromatic carbocycles. The van der Waals surface area contributed by atoms with Gasteiger partial charge < -0.3 is 10.2 Å². The number of amides is 3. The number of nitrogens with one attached hydrogen (secondary N) is 2. The van der Waals surface area contributed by atoms with Crippen molar-refractivity contribution in [3.05, 3.63) is 101 Å². The van der Waals surface area contributed by atoms with Crippen LogP contribution in [0.25, 0.3) is 0 Å². The Kier molecular flexibility index (Phi) is 7.05. The van der Waals surface area contributed by atoms with Crippen LogP contribution in [-0.4, -0.2) is 17.6 Å². The number of benzene rings is 3. The lowest BCUT2D eigenvalue weighted by atomic mass is 10.1. The van der Waals surface area contributed by atoms with Crippen molar-refractivity contribution >= 4 is 23.3 Å². The van der Waals surface area contributed by atoms with Crippen molar-refractivity contribution in [2.24, 2.45) is 5.16 Å². The van der Waals surface area contributed by atoms with Gasteiger partial charge in [-0.1, -0.05) is 53.7 Å². The summed E-state index contributed by atoms with van der Waals surface area (Å²) >= 11 is 0. The summed E-state index contributed by atoms with van der Waals surface area (Å²) in [5, 5.41) is 8.39. The maximum atomic E-state index is 13.6. The highest BCUT2D eigenvalue weighted by molar-refractivity contribution is 6.08. The third-order valence-corrected chi connectivity index (χ3v) is 4.25. The summed E-state index contributed by atoms with van der Waals surface area (Å²) < 4.78 is 27.3. The lowest BCUT2D eigenvalue weighted by molar-refractivity contribution is 0.0959. The van der Waals surface area contributed by atoms with Gasteiger partial charge in [0.2, 0.25) is 0 Å². The Bertz CT molecular complexity index is 1080. The Morgan fingerprint density at radius 1 is 0.903 bits per heavy atom. The fraction of sp³-hybridized carbons (Fsp3) is 0.0870. The number of carbonyl (C=O) groups excluding carboxylic acids is 2. The lowest BCUT2D eigenvalue weighted by Crippen LogP contribution is -2.35. The minimum absolute atomic E-state index is 0.342. The molecule has 0 saturated carbocycles. The highest BCUT2D eigenvalue weighted by Gasteiger charge is 2.19. The second kappa shape index (κ2) is 10.1. The molecule has 6 nitrogen and oxygen atoms in total. The van der Waals surface area contributed by atoms with E-state index < -0.39 is 29.1 Å². The zero-order valence-corrected chi connectivity index (χ0v) is 16.6. The first kappa shape index (κ1) is 21.6. The molecule has 0 unspecified atom stereocenters. The van der Waals surface area contributed by atoms with E-state index >= 15 is 0 Å². The van der Waals surface area contributed by atoms with E-state index in [-0.39, 0.29) is 0 Å².